The van der Waals surface area contributed by atoms with Gasteiger partial charge < -0.3 is 10.4 Å². The summed E-state index contributed by atoms with van der Waals surface area (Å²) in [6, 6.07) is 4.21. The molecule has 106 valence electrons. The van der Waals surface area contributed by atoms with Crippen molar-refractivity contribution >= 4 is 17.2 Å². The molecular weight excluding hydrogens is 260 g/mol. The van der Waals surface area contributed by atoms with Crippen molar-refractivity contribution in [3.8, 4) is 0 Å². The molecule has 19 heavy (non-hydrogen) atoms. The van der Waals surface area contributed by atoms with Crippen molar-refractivity contribution < 1.29 is 9.90 Å². The van der Waals surface area contributed by atoms with Crippen molar-refractivity contribution in [3.63, 3.8) is 0 Å². The summed E-state index contributed by atoms with van der Waals surface area (Å²) < 4.78 is 0. The van der Waals surface area contributed by atoms with Gasteiger partial charge in [0, 0.05) is 22.9 Å². The minimum absolute atomic E-state index is 0.0741. The molecule has 0 aliphatic carbocycles. The fraction of sp³-hybridized carbons (Fsp3) is 0.643. The average Bonchev–Trinajstić information content (AvgIpc) is 3.04. The fourth-order valence-electron chi connectivity index (χ4n) is 2.36. The smallest absolute Gasteiger partial charge is 0.234 e. The van der Waals surface area contributed by atoms with Crippen LogP contribution in [0.15, 0.2) is 12.1 Å². The SMILES string of the molecule is CCc1ccc(CNC(=O)CN2CCC(CO)C2)s1. The van der Waals surface area contributed by atoms with Gasteiger partial charge in [-0.1, -0.05) is 6.92 Å². The molecule has 1 atom stereocenters. The molecule has 4 nitrogen and oxygen atoms in total. The molecule has 0 saturated carbocycles. The van der Waals surface area contributed by atoms with Crippen LogP contribution in [-0.4, -0.2) is 42.2 Å². The zero-order valence-electron chi connectivity index (χ0n) is 11.4. The molecule has 2 heterocycles. The standard InChI is InChI=1S/C14H22N2O2S/c1-2-12-3-4-13(19-12)7-15-14(18)9-16-6-5-11(8-16)10-17/h3-4,11,17H,2,5-10H2,1H3,(H,15,18). The van der Waals surface area contributed by atoms with Gasteiger partial charge in [0.2, 0.25) is 5.91 Å². The Morgan fingerprint density at radius 3 is 2.95 bits per heavy atom. The van der Waals surface area contributed by atoms with Gasteiger partial charge in [-0.2, -0.15) is 0 Å². The van der Waals surface area contributed by atoms with E-state index in [4.69, 9.17) is 5.11 Å². The Balaban J connectivity index is 1.70. The van der Waals surface area contributed by atoms with Crippen LogP contribution < -0.4 is 5.32 Å². The molecule has 0 aromatic carbocycles. The van der Waals surface area contributed by atoms with Gasteiger partial charge >= 0.3 is 0 Å². The largest absolute Gasteiger partial charge is 0.396 e. The Labute approximate surface area is 118 Å². The van der Waals surface area contributed by atoms with Crippen molar-refractivity contribution in [2.24, 2.45) is 5.92 Å². The minimum atomic E-state index is 0.0741. The lowest BCUT2D eigenvalue weighted by Gasteiger charge is -2.14. The number of aliphatic hydroxyl groups excluding tert-OH is 1. The molecule has 1 aliphatic heterocycles. The number of hydrogen-bond donors (Lipinski definition) is 2. The zero-order valence-corrected chi connectivity index (χ0v) is 12.2. The molecule has 1 aromatic rings. The third-order valence-corrected chi connectivity index (χ3v) is 4.75. The average molecular weight is 282 g/mol. The van der Waals surface area contributed by atoms with Gasteiger partial charge in [0.1, 0.15) is 0 Å². The van der Waals surface area contributed by atoms with E-state index in [1.165, 1.54) is 9.75 Å². The first kappa shape index (κ1) is 14.5. The van der Waals surface area contributed by atoms with Crippen LogP contribution in [0.4, 0.5) is 0 Å². The normalized spacial score (nSPS) is 19.8. The molecule has 0 bridgehead atoms. The molecular formula is C14H22N2O2S. The predicted molar refractivity (Wildman–Crippen MR) is 77.2 cm³/mol. The second-order valence-electron chi connectivity index (χ2n) is 5.07. The molecule has 2 rings (SSSR count). The van der Waals surface area contributed by atoms with Crippen molar-refractivity contribution in [1.82, 2.24) is 10.2 Å². The first-order chi connectivity index (χ1) is 9.21. The van der Waals surface area contributed by atoms with Gasteiger partial charge in [0.25, 0.3) is 0 Å². The van der Waals surface area contributed by atoms with Crippen LogP contribution in [0.1, 0.15) is 23.1 Å². The van der Waals surface area contributed by atoms with Crippen molar-refractivity contribution in [3.05, 3.63) is 21.9 Å². The Bertz CT molecular complexity index is 419. The summed E-state index contributed by atoms with van der Waals surface area (Å²) in [7, 11) is 0. The summed E-state index contributed by atoms with van der Waals surface area (Å²) >= 11 is 1.76. The van der Waals surface area contributed by atoms with Crippen LogP contribution in [-0.2, 0) is 17.8 Å². The number of aliphatic hydroxyl groups is 1. The van der Waals surface area contributed by atoms with Crippen molar-refractivity contribution in [2.45, 2.75) is 26.3 Å². The topological polar surface area (TPSA) is 52.6 Å². The van der Waals surface area contributed by atoms with Crippen LogP contribution in [0.3, 0.4) is 0 Å². The third kappa shape index (κ3) is 4.30. The molecule has 1 aliphatic rings. The second kappa shape index (κ2) is 7.03. The quantitative estimate of drug-likeness (QED) is 0.825. The number of aryl methyl sites for hydroxylation is 1. The summed E-state index contributed by atoms with van der Waals surface area (Å²) in [6.07, 6.45) is 2.05. The molecule has 1 unspecified atom stereocenters. The first-order valence-corrected chi connectivity index (χ1v) is 7.70. The van der Waals surface area contributed by atoms with E-state index in [2.05, 4.69) is 29.3 Å². The Morgan fingerprint density at radius 1 is 1.53 bits per heavy atom. The lowest BCUT2D eigenvalue weighted by Crippen LogP contribution is -2.35. The summed E-state index contributed by atoms with van der Waals surface area (Å²) in [6.45, 7) is 5.19. The maximum absolute atomic E-state index is 11.8. The number of amides is 1. The van der Waals surface area contributed by atoms with Crippen molar-refractivity contribution in [1.29, 1.82) is 0 Å². The number of carbonyl (C=O) groups excluding carboxylic acids is 1. The van der Waals surface area contributed by atoms with Gasteiger partial charge in [0.05, 0.1) is 13.1 Å². The van der Waals surface area contributed by atoms with Gasteiger partial charge in [-0.05, 0) is 37.4 Å². The first-order valence-electron chi connectivity index (χ1n) is 6.88. The lowest BCUT2D eigenvalue weighted by molar-refractivity contribution is -0.122. The van der Waals surface area contributed by atoms with Crippen LogP contribution in [0.25, 0.3) is 0 Å². The third-order valence-electron chi connectivity index (χ3n) is 3.52. The Morgan fingerprint density at radius 2 is 2.32 bits per heavy atom. The number of rotatable bonds is 6. The fourth-order valence-corrected chi connectivity index (χ4v) is 3.26. The maximum Gasteiger partial charge on any atom is 0.234 e. The molecule has 1 aromatic heterocycles. The van der Waals surface area contributed by atoms with E-state index in [0.29, 0.717) is 19.0 Å². The number of carbonyl (C=O) groups is 1. The predicted octanol–water partition coefficient (Wildman–Crippen LogP) is 1.24. The number of nitrogens with one attached hydrogen (secondary N) is 1. The van der Waals surface area contributed by atoms with Gasteiger partial charge in [-0.15, -0.1) is 11.3 Å². The highest BCUT2D eigenvalue weighted by molar-refractivity contribution is 7.11. The molecule has 1 amide bonds. The van der Waals surface area contributed by atoms with Crippen LogP contribution in [0.5, 0.6) is 0 Å². The van der Waals surface area contributed by atoms with Gasteiger partial charge in [-0.3, -0.25) is 9.69 Å². The van der Waals surface area contributed by atoms with E-state index in [-0.39, 0.29) is 12.5 Å². The van der Waals surface area contributed by atoms with Crippen LogP contribution >= 0.6 is 11.3 Å². The highest BCUT2D eigenvalue weighted by Crippen LogP contribution is 2.17. The molecule has 2 N–H and O–H groups in total. The van der Waals surface area contributed by atoms with Gasteiger partial charge in [-0.25, -0.2) is 0 Å². The van der Waals surface area contributed by atoms with E-state index < -0.39 is 0 Å². The highest BCUT2D eigenvalue weighted by Gasteiger charge is 2.23. The number of thiophene rings is 1. The highest BCUT2D eigenvalue weighted by atomic mass is 32.1. The second-order valence-corrected chi connectivity index (χ2v) is 6.32. The zero-order chi connectivity index (χ0) is 13.7. The lowest BCUT2D eigenvalue weighted by atomic mass is 10.1. The summed E-state index contributed by atoms with van der Waals surface area (Å²) in [4.78, 5) is 16.5. The van der Waals surface area contributed by atoms with E-state index in [9.17, 15) is 4.79 Å². The van der Waals surface area contributed by atoms with E-state index in [1.54, 1.807) is 11.3 Å². The summed E-state index contributed by atoms with van der Waals surface area (Å²) in [5.41, 5.74) is 0. The maximum atomic E-state index is 11.8. The molecule has 5 heteroatoms. The van der Waals surface area contributed by atoms with Crippen molar-refractivity contribution in [2.75, 3.05) is 26.2 Å². The molecule has 0 radical (unpaired) electrons. The van der Waals surface area contributed by atoms with Gasteiger partial charge in [0.15, 0.2) is 0 Å². The van der Waals surface area contributed by atoms with E-state index in [0.717, 1.165) is 25.9 Å². The Hall–Kier alpha value is -0.910. The minimum Gasteiger partial charge on any atom is -0.396 e. The monoisotopic (exact) mass is 282 g/mol. The number of hydrogen-bond acceptors (Lipinski definition) is 4. The van der Waals surface area contributed by atoms with Crippen LogP contribution in [0, 0.1) is 5.92 Å². The number of likely N-dealkylation sites (tertiary alicyclic amines) is 1. The van der Waals surface area contributed by atoms with Crippen LogP contribution in [0.2, 0.25) is 0 Å². The molecule has 1 fully saturated rings. The summed E-state index contributed by atoms with van der Waals surface area (Å²) in [5, 5.41) is 12.0. The van der Waals surface area contributed by atoms with E-state index >= 15 is 0 Å². The Kier molecular flexibility index (Phi) is 5.36. The molecule has 0 spiro atoms. The number of nitrogens with zero attached hydrogens (tertiary/aromatic N) is 1. The van der Waals surface area contributed by atoms with E-state index in [1.807, 2.05) is 0 Å². The molecule has 1 saturated heterocycles. The summed E-state index contributed by atoms with van der Waals surface area (Å²) in [5.74, 6) is 0.419.